The minimum Gasteiger partial charge on any atom is -0.387 e. The van der Waals surface area contributed by atoms with E-state index >= 15 is 0 Å². The molecule has 1 amide bonds. The van der Waals surface area contributed by atoms with Gasteiger partial charge in [0.15, 0.2) is 17.5 Å². The molecule has 0 spiro atoms. The van der Waals surface area contributed by atoms with Crippen LogP contribution in [0.4, 0.5) is 13.2 Å². The van der Waals surface area contributed by atoms with Crippen molar-refractivity contribution in [1.82, 2.24) is 20.4 Å². The monoisotopic (exact) mass is 439 g/mol. The number of carbonyl (C=O) groups is 1. The highest BCUT2D eigenvalue weighted by Gasteiger charge is 2.27. The Morgan fingerprint density at radius 3 is 2.50 bits per heavy atom. The van der Waals surface area contributed by atoms with Gasteiger partial charge in [0.2, 0.25) is 0 Å². The highest BCUT2D eigenvalue weighted by atomic mass is 19.2. The molecule has 2 heterocycles. The van der Waals surface area contributed by atoms with Crippen molar-refractivity contribution < 1.29 is 18.0 Å². The smallest absolute Gasteiger partial charge is 0.254 e. The number of aromatic amines is 1. The predicted molar refractivity (Wildman–Crippen MR) is 115 cm³/mol. The quantitative estimate of drug-likeness (QED) is 0.538. The lowest BCUT2D eigenvalue weighted by Crippen LogP contribution is -2.41. The molecule has 3 N–H and O–H groups in total. The van der Waals surface area contributed by atoms with Gasteiger partial charge in [0.05, 0.1) is 18.0 Å². The molecule has 4 rings (SSSR count). The van der Waals surface area contributed by atoms with Gasteiger partial charge >= 0.3 is 0 Å². The average molecular weight is 439 g/mol. The summed E-state index contributed by atoms with van der Waals surface area (Å²) < 4.78 is 40.8. The van der Waals surface area contributed by atoms with E-state index in [0.717, 1.165) is 17.7 Å². The third kappa shape index (κ3) is 4.01. The predicted octanol–water partition coefficient (Wildman–Crippen LogP) is 3.99. The van der Waals surface area contributed by atoms with Crippen molar-refractivity contribution >= 4 is 17.3 Å². The SMILES string of the molecule is CN/C(=C1/CCN(C(=O)c2cccc(-c3cc[nH]n3)c2)CC1=N)c1cc(F)c(F)c(F)c1. The fourth-order valence-corrected chi connectivity index (χ4v) is 3.80. The number of benzene rings is 2. The second-order valence-electron chi connectivity index (χ2n) is 7.35. The number of hydrogen-bond donors (Lipinski definition) is 3. The molecule has 0 unspecified atom stereocenters. The molecule has 1 aliphatic rings. The molecule has 2 aromatic carbocycles. The maximum Gasteiger partial charge on any atom is 0.254 e. The minimum atomic E-state index is -1.54. The summed E-state index contributed by atoms with van der Waals surface area (Å²) >= 11 is 0. The van der Waals surface area contributed by atoms with Crippen molar-refractivity contribution in [3.8, 4) is 11.3 Å². The number of hydrogen-bond acceptors (Lipinski definition) is 4. The maximum absolute atomic E-state index is 13.7. The van der Waals surface area contributed by atoms with Crippen LogP contribution in [-0.2, 0) is 0 Å². The Labute approximate surface area is 182 Å². The van der Waals surface area contributed by atoms with Crippen molar-refractivity contribution in [2.45, 2.75) is 6.42 Å². The van der Waals surface area contributed by atoms with Crippen molar-refractivity contribution in [3.05, 3.63) is 82.8 Å². The number of carbonyl (C=O) groups excluding carboxylic acids is 1. The summed E-state index contributed by atoms with van der Waals surface area (Å²) in [5.41, 5.74) is 3.09. The lowest BCUT2D eigenvalue weighted by Gasteiger charge is -2.31. The van der Waals surface area contributed by atoms with E-state index in [0.29, 0.717) is 35.5 Å². The summed E-state index contributed by atoms with van der Waals surface area (Å²) in [5.74, 6) is -4.37. The van der Waals surface area contributed by atoms with E-state index in [1.165, 1.54) is 0 Å². The van der Waals surface area contributed by atoms with Crippen LogP contribution in [0, 0.1) is 22.9 Å². The van der Waals surface area contributed by atoms with Gasteiger partial charge in [-0.3, -0.25) is 9.89 Å². The molecule has 0 atom stereocenters. The summed E-state index contributed by atoms with van der Waals surface area (Å²) in [7, 11) is 1.56. The number of H-pyrrole nitrogens is 1. The molecule has 0 radical (unpaired) electrons. The average Bonchev–Trinajstić information content (AvgIpc) is 3.33. The summed E-state index contributed by atoms with van der Waals surface area (Å²) in [6.07, 6.45) is 2.00. The summed E-state index contributed by atoms with van der Waals surface area (Å²) in [5, 5.41) is 18.2. The van der Waals surface area contributed by atoms with Crippen LogP contribution < -0.4 is 5.32 Å². The van der Waals surface area contributed by atoms with Crippen molar-refractivity contribution in [2.75, 3.05) is 20.1 Å². The van der Waals surface area contributed by atoms with Gasteiger partial charge in [-0.05, 0) is 36.8 Å². The second kappa shape index (κ2) is 8.70. The number of nitrogens with one attached hydrogen (secondary N) is 3. The van der Waals surface area contributed by atoms with Gasteiger partial charge in [-0.15, -0.1) is 0 Å². The Balaban J connectivity index is 1.57. The molecule has 6 nitrogen and oxygen atoms in total. The first-order chi connectivity index (χ1) is 15.4. The maximum atomic E-state index is 13.7. The van der Waals surface area contributed by atoms with E-state index in [4.69, 9.17) is 5.41 Å². The van der Waals surface area contributed by atoms with Gasteiger partial charge in [0.1, 0.15) is 0 Å². The lowest BCUT2D eigenvalue weighted by atomic mass is 9.95. The first-order valence-corrected chi connectivity index (χ1v) is 9.92. The van der Waals surface area contributed by atoms with E-state index in [1.807, 2.05) is 6.07 Å². The van der Waals surface area contributed by atoms with Crippen LogP contribution in [0.2, 0.25) is 0 Å². The van der Waals surface area contributed by atoms with Gasteiger partial charge in [-0.25, -0.2) is 13.2 Å². The van der Waals surface area contributed by atoms with Crippen LogP contribution in [0.15, 0.2) is 54.2 Å². The molecule has 32 heavy (non-hydrogen) atoms. The van der Waals surface area contributed by atoms with Gasteiger partial charge < -0.3 is 15.6 Å². The Hall–Kier alpha value is -3.88. The third-order valence-corrected chi connectivity index (χ3v) is 5.36. The Morgan fingerprint density at radius 1 is 1.12 bits per heavy atom. The topological polar surface area (TPSA) is 84.9 Å². The lowest BCUT2D eigenvalue weighted by molar-refractivity contribution is 0.0775. The number of piperidine rings is 1. The summed E-state index contributed by atoms with van der Waals surface area (Å²) in [6, 6.07) is 10.7. The van der Waals surface area contributed by atoms with Crippen molar-refractivity contribution in [1.29, 1.82) is 5.41 Å². The van der Waals surface area contributed by atoms with E-state index in [2.05, 4.69) is 15.5 Å². The fraction of sp³-hybridized carbons (Fsp3) is 0.174. The molecule has 1 fully saturated rings. The number of aromatic nitrogens is 2. The number of amides is 1. The van der Waals surface area contributed by atoms with E-state index in [-0.39, 0.29) is 23.7 Å². The molecular formula is C23H20F3N5O. The summed E-state index contributed by atoms with van der Waals surface area (Å²) in [6.45, 7) is 0.360. The largest absolute Gasteiger partial charge is 0.387 e. The van der Waals surface area contributed by atoms with Crippen LogP contribution in [0.3, 0.4) is 0 Å². The molecule has 164 valence electrons. The molecule has 1 saturated heterocycles. The van der Waals surface area contributed by atoms with Crippen LogP contribution in [0.5, 0.6) is 0 Å². The van der Waals surface area contributed by atoms with Gasteiger partial charge in [-0.1, -0.05) is 12.1 Å². The van der Waals surface area contributed by atoms with E-state index in [9.17, 15) is 18.0 Å². The minimum absolute atomic E-state index is 0.0398. The Kier molecular flexibility index (Phi) is 5.81. The number of rotatable bonds is 4. The zero-order valence-corrected chi connectivity index (χ0v) is 17.2. The normalized spacial score (nSPS) is 15.6. The molecule has 1 aliphatic heterocycles. The third-order valence-electron chi connectivity index (χ3n) is 5.36. The zero-order valence-electron chi connectivity index (χ0n) is 17.2. The zero-order chi connectivity index (χ0) is 22.8. The van der Waals surface area contributed by atoms with Crippen LogP contribution in [-0.4, -0.2) is 46.9 Å². The molecule has 3 aromatic rings. The van der Waals surface area contributed by atoms with Gasteiger partial charge in [-0.2, -0.15) is 5.10 Å². The highest BCUT2D eigenvalue weighted by Crippen LogP contribution is 2.27. The van der Waals surface area contributed by atoms with E-state index < -0.39 is 17.5 Å². The first kappa shape index (κ1) is 21.4. The molecule has 0 aliphatic carbocycles. The molecule has 0 bridgehead atoms. The fourth-order valence-electron chi connectivity index (χ4n) is 3.80. The van der Waals surface area contributed by atoms with Crippen molar-refractivity contribution in [3.63, 3.8) is 0 Å². The van der Waals surface area contributed by atoms with Crippen molar-refractivity contribution in [2.24, 2.45) is 0 Å². The van der Waals surface area contributed by atoms with Crippen LogP contribution in [0.25, 0.3) is 17.0 Å². The highest BCUT2D eigenvalue weighted by molar-refractivity contribution is 6.08. The number of halogens is 3. The van der Waals surface area contributed by atoms with Crippen LogP contribution >= 0.6 is 0 Å². The summed E-state index contributed by atoms with van der Waals surface area (Å²) in [4.78, 5) is 14.6. The number of nitrogens with zero attached hydrogens (tertiary/aromatic N) is 2. The number of likely N-dealkylation sites (tertiary alicyclic amines) is 1. The van der Waals surface area contributed by atoms with Gasteiger partial charge in [0.25, 0.3) is 5.91 Å². The molecule has 1 aromatic heterocycles. The molecule has 0 saturated carbocycles. The second-order valence-corrected chi connectivity index (χ2v) is 7.35. The molecular weight excluding hydrogens is 419 g/mol. The van der Waals surface area contributed by atoms with E-state index in [1.54, 1.807) is 42.4 Å². The van der Waals surface area contributed by atoms with Crippen LogP contribution in [0.1, 0.15) is 22.3 Å². The Morgan fingerprint density at radius 2 is 1.88 bits per heavy atom. The standard InChI is InChI=1S/C23H20F3N5O/c1-28-22(15-10-17(24)21(26)18(25)11-15)16-6-8-31(12-19(16)27)23(32)14-4-2-3-13(9-14)20-5-7-29-30-20/h2-5,7,9-11,27-28H,6,8,12H2,1H3,(H,29,30)/b22-16-,27-19?. The molecule has 9 heteroatoms. The Bertz CT molecular complexity index is 1200. The first-order valence-electron chi connectivity index (χ1n) is 9.92. The van der Waals surface area contributed by atoms with Gasteiger partial charge in [0, 0.05) is 47.7 Å².